The van der Waals surface area contributed by atoms with Crippen molar-refractivity contribution in [3.05, 3.63) is 35.9 Å². The predicted octanol–water partition coefficient (Wildman–Crippen LogP) is 0.999. The molecule has 1 fully saturated rings. The van der Waals surface area contributed by atoms with Gasteiger partial charge < -0.3 is 10.4 Å². The van der Waals surface area contributed by atoms with Gasteiger partial charge in [0.25, 0.3) is 0 Å². The molecule has 14 heavy (non-hydrogen) atoms. The van der Waals surface area contributed by atoms with Crippen molar-refractivity contribution in [1.29, 1.82) is 0 Å². The van der Waals surface area contributed by atoms with E-state index in [0.29, 0.717) is 6.42 Å². The Kier molecular flexibility index (Phi) is 2.50. The smallest absolute Gasteiger partial charge is 0.223 e. The molecule has 0 radical (unpaired) electrons. The molecule has 1 aliphatic heterocycles. The van der Waals surface area contributed by atoms with Crippen LogP contribution in [-0.2, 0) is 4.79 Å². The molecule has 3 heteroatoms. The second-order valence-electron chi connectivity index (χ2n) is 3.62. The Labute approximate surface area is 82.8 Å². The molecule has 74 valence electrons. The third-order valence-electron chi connectivity index (χ3n) is 2.47. The summed E-state index contributed by atoms with van der Waals surface area (Å²) < 4.78 is 0. The van der Waals surface area contributed by atoms with Gasteiger partial charge in [0.2, 0.25) is 5.91 Å². The Morgan fingerprint density at radius 3 is 2.64 bits per heavy atom. The molecule has 2 N–H and O–H groups in total. The van der Waals surface area contributed by atoms with Crippen LogP contribution in [0.4, 0.5) is 0 Å². The van der Waals surface area contributed by atoms with Crippen molar-refractivity contribution in [2.45, 2.75) is 25.0 Å². The van der Waals surface area contributed by atoms with Crippen molar-refractivity contribution in [3.8, 4) is 0 Å². The second kappa shape index (κ2) is 3.80. The third-order valence-corrected chi connectivity index (χ3v) is 2.47. The van der Waals surface area contributed by atoms with E-state index in [0.717, 1.165) is 5.56 Å². The van der Waals surface area contributed by atoms with Gasteiger partial charge >= 0.3 is 0 Å². The summed E-state index contributed by atoms with van der Waals surface area (Å²) in [5.41, 5.74) is 1.06. The lowest BCUT2D eigenvalue weighted by molar-refractivity contribution is -0.126. The topological polar surface area (TPSA) is 49.3 Å². The van der Waals surface area contributed by atoms with Crippen LogP contribution in [0.5, 0.6) is 0 Å². The monoisotopic (exact) mass is 191 g/mol. The largest absolute Gasteiger partial charge is 0.392 e. The Bertz CT molecular complexity index is 323. The Hall–Kier alpha value is -1.35. The molecule has 3 nitrogen and oxygen atoms in total. The number of hydrogen-bond donors (Lipinski definition) is 2. The van der Waals surface area contributed by atoms with Gasteiger partial charge in [-0.05, 0) is 12.0 Å². The number of carbonyl (C=O) groups excluding carboxylic acids is 1. The molecular weight excluding hydrogens is 178 g/mol. The molecule has 0 aromatic heterocycles. The first-order chi connectivity index (χ1) is 6.75. The van der Waals surface area contributed by atoms with Crippen LogP contribution >= 0.6 is 0 Å². The molecule has 1 saturated heterocycles. The fourth-order valence-electron chi connectivity index (χ4n) is 1.79. The Balaban J connectivity index is 2.15. The van der Waals surface area contributed by atoms with Gasteiger partial charge in [0.1, 0.15) is 0 Å². The maximum Gasteiger partial charge on any atom is 0.223 e. The lowest BCUT2D eigenvalue weighted by Crippen LogP contribution is -2.38. The van der Waals surface area contributed by atoms with E-state index < -0.39 is 6.10 Å². The first kappa shape index (κ1) is 9.21. The summed E-state index contributed by atoms with van der Waals surface area (Å²) in [6.07, 6.45) is 0.327. The molecule has 1 aromatic rings. The van der Waals surface area contributed by atoms with Crippen molar-refractivity contribution in [1.82, 2.24) is 5.32 Å². The average Bonchev–Trinajstić information content (AvgIpc) is 2.18. The number of hydrogen-bond acceptors (Lipinski definition) is 2. The van der Waals surface area contributed by atoms with E-state index in [1.807, 2.05) is 30.3 Å². The molecule has 0 aliphatic carbocycles. The van der Waals surface area contributed by atoms with Crippen LogP contribution in [0, 0.1) is 0 Å². The Morgan fingerprint density at radius 2 is 2.00 bits per heavy atom. The third kappa shape index (κ3) is 1.93. The Morgan fingerprint density at radius 1 is 1.29 bits per heavy atom. The molecule has 1 amide bonds. The highest BCUT2D eigenvalue weighted by Crippen LogP contribution is 2.23. The zero-order chi connectivity index (χ0) is 9.97. The molecule has 0 unspecified atom stereocenters. The molecular formula is C11H13NO2. The standard InChI is InChI=1S/C11H13NO2/c13-9-6-10(12-11(14)7-9)8-4-2-1-3-5-8/h1-5,9-10,13H,6-7H2,(H,12,14)/t9-,10-/m1/s1. The molecule has 0 saturated carbocycles. The van der Waals surface area contributed by atoms with E-state index in [2.05, 4.69) is 5.32 Å². The number of carbonyl (C=O) groups is 1. The highest BCUT2D eigenvalue weighted by Gasteiger charge is 2.25. The van der Waals surface area contributed by atoms with Gasteiger partial charge in [0.15, 0.2) is 0 Å². The highest BCUT2D eigenvalue weighted by molar-refractivity contribution is 5.77. The SMILES string of the molecule is O=C1C[C@H](O)C[C@H](c2ccccc2)N1. The summed E-state index contributed by atoms with van der Waals surface area (Å²) in [7, 11) is 0. The van der Waals surface area contributed by atoms with Gasteiger partial charge in [-0.3, -0.25) is 4.79 Å². The maximum absolute atomic E-state index is 11.2. The van der Waals surface area contributed by atoms with Crippen molar-refractivity contribution < 1.29 is 9.90 Å². The van der Waals surface area contributed by atoms with Crippen LogP contribution in [0.3, 0.4) is 0 Å². The van der Waals surface area contributed by atoms with Crippen molar-refractivity contribution in [2.24, 2.45) is 0 Å². The van der Waals surface area contributed by atoms with Crippen molar-refractivity contribution >= 4 is 5.91 Å². The number of piperidine rings is 1. The number of aliphatic hydroxyl groups excluding tert-OH is 1. The van der Waals surface area contributed by atoms with Crippen LogP contribution in [0.1, 0.15) is 24.4 Å². The van der Waals surface area contributed by atoms with Crippen molar-refractivity contribution in [2.75, 3.05) is 0 Å². The number of amides is 1. The molecule has 1 heterocycles. The predicted molar refractivity (Wildman–Crippen MR) is 52.6 cm³/mol. The van der Waals surface area contributed by atoms with Crippen LogP contribution in [-0.4, -0.2) is 17.1 Å². The molecule has 2 rings (SSSR count). The molecule has 1 aliphatic rings. The summed E-state index contributed by atoms with van der Waals surface area (Å²) in [5, 5.41) is 12.3. The zero-order valence-corrected chi connectivity index (χ0v) is 7.81. The quantitative estimate of drug-likeness (QED) is 0.695. The lowest BCUT2D eigenvalue weighted by Gasteiger charge is -2.27. The van der Waals surface area contributed by atoms with E-state index in [1.165, 1.54) is 0 Å². The fourth-order valence-corrected chi connectivity index (χ4v) is 1.79. The minimum Gasteiger partial charge on any atom is -0.392 e. The minimum absolute atomic E-state index is 0.0348. The van der Waals surface area contributed by atoms with Gasteiger partial charge in [-0.25, -0.2) is 0 Å². The normalized spacial score (nSPS) is 27.1. The molecule has 2 atom stereocenters. The highest BCUT2D eigenvalue weighted by atomic mass is 16.3. The first-order valence-corrected chi connectivity index (χ1v) is 4.78. The van der Waals surface area contributed by atoms with Gasteiger partial charge in [0.05, 0.1) is 18.6 Å². The van der Waals surface area contributed by atoms with Gasteiger partial charge in [-0.2, -0.15) is 0 Å². The van der Waals surface area contributed by atoms with Gasteiger partial charge in [-0.15, -0.1) is 0 Å². The lowest BCUT2D eigenvalue weighted by atomic mass is 9.95. The second-order valence-corrected chi connectivity index (χ2v) is 3.62. The van der Waals surface area contributed by atoms with E-state index >= 15 is 0 Å². The van der Waals surface area contributed by atoms with Crippen LogP contribution in [0.2, 0.25) is 0 Å². The summed E-state index contributed by atoms with van der Waals surface area (Å²) in [4.78, 5) is 11.2. The van der Waals surface area contributed by atoms with Crippen LogP contribution < -0.4 is 5.32 Å². The number of benzene rings is 1. The van der Waals surface area contributed by atoms with Gasteiger partial charge in [-0.1, -0.05) is 30.3 Å². The number of aliphatic hydroxyl groups is 1. The zero-order valence-electron chi connectivity index (χ0n) is 7.81. The summed E-state index contributed by atoms with van der Waals surface area (Å²) in [6, 6.07) is 9.69. The summed E-state index contributed by atoms with van der Waals surface area (Å²) >= 11 is 0. The fraction of sp³-hybridized carbons (Fsp3) is 0.364. The molecule has 1 aromatic carbocycles. The number of nitrogens with one attached hydrogen (secondary N) is 1. The molecule has 0 spiro atoms. The average molecular weight is 191 g/mol. The van der Waals surface area contributed by atoms with E-state index in [9.17, 15) is 9.90 Å². The van der Waals surface area contributed by atoms with Crippen LogP contribution in [0.25, 0.3) is 0 Å². The van der Waals surface area contributed by atoms with E-state index in [1.54, 1.807) is 0 Å². The maximum atomic E-state index is 11.2. The van der Waals surface area contributed by atoms with E-state index in [-0.39, 0.29) is 18.4 Å². The summed E-state index contributed by atoms with van der Waals surface area (Å²) in [5.74, 6) is -0.0717. The molecule has 0 bridgehead atoms. The van der Waals surface area contributed by atoms with Gasteiger partial charge in [0, 0.05) is 0 Å². The summed E-state index contributed by atoms with van der Waals surface area (Å²) in [6.45, 7) is 0. The van der Waals surface area contributed by atoms with Crippen LogP contribution in [0.15, 0.2) is 30.3 Å². The van der Waals surface area contributed by atoms with Crippen molar-refractivity contribution in [3.63, 3.8) is 0 Å². The minimum atomic E-state index is -0.506. The number of rotatable bonds is 1. The first-order valence-electron chi connectivity index (χ1n) is 4.78. The van der Waals surface area contributed by atoms with E-state index in [4.69, 9.17) is 0 Å².